The SMILES string of the molecule is CCOC(=O)c1sc2nc(-c3ccc(OC(C)C)cc3)c(NCc3cccc(C)c3)n2c1C. The van der Waals surface area contributed by atoms with Crippen LogP contribution in [0.5, 0.6) is 5.75 Å². The van der Waals surface area contributed by atoms with E-state index in [9.17, 15) is 4.79 Å². The summed E-state index contributed by atoms with van der Waals surface area (Å²) in [5, 5.41) is 3.57. The molecule has 1 N–H and O–H groups in total. The minimum Gasteiger partial charge on any atom is -0.491 e. The van der Waals surface area contributed by atoms with E-state index in [-0.39, 0.29) is 12.1 Å². The van der Waals surface area contributed by atoms with Gasteiger partial charge in [-0.3, -0.25) is 4.40 Å². The number of anilines is 1. The summed E-state index contributed by atoms with van der Waals surface area (Å²) in [7, 11) is 0. The average Bonchev–Trinajstić information content (AvgIpc) is 3.29. The molecule has 4 rings (SSSR count). The number of ether oxygens (including phenoxy) is 2. The van der Waals surface area contributed by atoms with Gasteiger partial charge < -0.3 is 14.8 Å². The van der Waals surface area contributed by atoms with Gasteiger partial charge in [-0.15, -0.1) is 0 Å². The van der Waals surface area contributed by atoms with E-state index in [0.717, 1.165) is 33.5 Å². The highest BCUT2D eigenvalue weighted by molar-refractivity contribution is 7.19. The molecule has 7 heteroatoms. The lowest BCUT2D eigenvalue weighted by atomic mass is 10.1. The lowest BCUT2D eigenvalue weighted by molar-refractivity contribution is 0.0531. The monoisotopic (exact) mass is 463 g/mol. The third-order valence-electron chi connectivity index (χ3n) is 5.21. The maximum Gasteiger partial charge on any atom is 0.350 e. The number of thiazole rings is 1. The van der Waals surface area contributed by atoms with Crippen molar-refractivity contribution in [2.45, 2.75) is 47.3 Å². The Morgan fingerprint density at radius 3 is 2.58 bits per heavy atom. The van der Waals surface area contributed by atoms with Crippen LogP contribution in [0.25, 0.3) is 16.2 Å². The second-order valence-electron chi connectivity index (χ2n) is 8.20. The third-order valence-corrected chi connectivity index (χ3v) is 6.33. The maximum atomic E-state index is 12.5. The number of benzene rings is 2. The van der Waals surface area contributed by atoms with Crippen LogP contribution in [-0.2, 0) is 11.3 Å². The first kappa shape index (κ1) is 22.9. The number of carbonyl (C=O) groups excluding carboxylic acids is 1. The van der Waals surface area contributed by atoms with Crippen molar-refractivity contribution >= 4 is 28.1 Å². The molecule has 0 spiro atoms. The first-order valence-corrected chi connectivity index (χ1v) is 11.9. The number of imidazole rings is 1. The quantitative estimate of drug-likeness (QED) is 0.313. The highest BCUT2D eigenvalue weighted by Crippen LogP contribution is 2.36. The van der Waals surface area contributed by atoms with Gasteiger partial charge in [0.05, 0.1) is 12.7 Å². The molecule has 172 valence electrons. The van der Waals surface area contributed by atoms with E-state index in [1.54, 1.807) is 0 Å². The fourth-order valence-corrected chi connectivity index (χ4v) is 4.79. The Hall–Kier alpha value is -3.32. The van der Waals surface area contributed by atoms with Gasteiger partial charge in [-0.1, -0.05) is 41.2 Å². The number of esters is 1. The van der Waals surface area contributed by atoms with E-state index in [2.05, 4.69) is 36.5 Å². The van der Waals surface area contributed by atoms with Crippen LogP contribution in [0.1, 0.15) is 47.3 Å². The molecule has 4 aromatic rings. The molecule has 0 aliphatic heterocycles. The topological polar surface area (TPSA) is 64.9 Å². The fraction of sp³-hybridized carbons (Fsp3) is 0.308. The zero-order valence-electron chi connectivity index (χ0n) is 19.6. The van der Waals surface area contributed by atoms with Crippen molar-refractivity contribution in [3.05, 3.63) is 70.2 Å². The second-order valence-corrected chi connectivity index (χ2v) is 9.18. The number of nitrogens with zero attached hydrogens (tertiary/aromatic N) is 2. The smallest absolute Gasteiger partial charge is 0.350 e. The average molecular weight is 464 g/mol. The summed E-state index contributed by atoms with van der Waals surface area (Å²) in [6, 6.07) is 16.4. The molecule has 2 aromatic carbocycles. The van der Waals surface area contributed by atoms with Crippen LogP contribution in [0.3, 0.4) is 0 Å². The number of carbonyl (C=O) groups is 1. The van der Waals surface area contributed by atoms with Crippen molar-refractivity contribution in [2.24, 2.45) is 0 Å². The van der Waals surface area contributed by atoms with Gasteiger partial charge in [0.1, 0.15) is 22.1 Å². The molecule has 33 heavy (non-hydrogen) atoms. The molecule has 0 saturated carbocycles. The Bertz CT molecular complexity index is 1270. The van der Waals surface area contributed by atoms with E-state index in [1.165, 1.54) is 22.5 Å². The Morgan fingerprint density at radius 2 is 1.91 bits per heavy atom. The van der Waals surface area contributed by atoms with Crippen molar-refractivity contribution in [3.8, 4) is 17.0 Å². The van der Waals surface area contributed by atoms with Gasteiger partial charge in [0.15, 0.2) is 4.96 Å². The minimum atomic E-state index is -0.313. The Labute approximate surface area is 198 Å². The van der Waals surface area contributed by atoms with Crippen LogP contribution in [-0.4, -0.2) is 28.1 Å². The molecule has 0 atom stereocenters. The number of nitrogens with one attached hydrogen (secondary N) is 1. The van der Waals surface area contributed by atoms with E-state index in [0.29, 0.717) is 18.0 Å². The van der Waals surface area contributed by atoms with Crippen molar-refractivity contribution in [1.82, 2.24) is 9.38 Å². The molecule has 0 saturated heterocycles. The predicted molar refractivity (Wildman–Crippen MR) is 133 cm³/mol. The normalized spacial score (nSPS) is 11.2. The Balaban J connectivity index is 1.76. The molecule has 0 fully saturated rings. The lowest BCUT2D eigenvalue weighted by Gasteiger charge is -2.12. The molecule has 2 aromatic heterocycles. The second kappa shape index (κ2) is 9.67. The van der Waals surface area contributed by atoms with Crippen LogP contribution < -0.4 is 10.1 Å². The molecule has 0 amide bonds. The summed E-state index contributed by atoms with van der Waals surface area (Å²) < 4.78 is 13.0. The van der Waals surface area contributed by atoms with Crippen molar-refractivity contribution in [1.29, 1.82) is 0 Å². The fourth-order valence-electron chi connectivity index (χ4n) is 3.77. The molecule has 0 aliphatic carbocycles. The van der Waals surface area contributed by atoms with Gasteiger partial charge in [-0.2, -0.15) is 0 Å². The van der Waals surface area contributed by atoms with E-state index >= 15 is 0 Å². The first-order chi connectivity index (χ1) is 15.9. The molecular formula is C26H29N3O3S. The summed E-state index contributed by atoms with van der Waals surface area (Å²) in [6.07, 6.45) is 0.115. The zero-order chi connectivity index (χ0) is 23.5. The van der Waals surface area contributed by atoms with E-state index in [1.807, 2.05) is 56.4 Å². The number of hydrogen-bond donors (Lipinski definition) is 1. The number of aryl methyl sites for hydroxylation is 2. The van der Waals surface area contributed by atoms with Crippen LogP contribution in [0, 0.1) is 13.8 Å². The predicted octanol–water partition coefficient (Wildman–Crippen LogP) is 6.26. The molecule has 0 bridgehead atoms. The summed E-state index contributed by atoms with van der Waals surface area (Å²) in [4.78, 5) is 18.7. The van der Waals surface area contributed by atoms with E-state index in [4.69, 9.17) is 14.5 Å². The van der Waals surface area contributed by atoms with Gasteiger partial charge >= 0.3 is 5.97 Å². The van der Waals surface area contributed by atoms with Gasteiger partial charge in [-0.25, -0.2) is 9.78 Å². The van der Waals surface area contributed by atoms with Crippen LogP contribution >= 0.6 is 11.3 Å². The largest absolute Gasteiger partial charge is 0.491 e. The highest BCUT2D eigenvalue weighted by atomic mass is 32.1. The zero-order valence-corrected chi connectivity index (χ0v) is 20.5. The van der Waals surface area contributed by atoms with Crippen LogP contribution in [0.2, 0.25) is 0 Å². The first-order valence-electron chi connectivity index (χ1n) is 11.1. The van der Waals surface area contributed by atoms with Crippen LogP contribution in [0.15, 0.2) is 48.5 Å². The summed E-state index contributed by atoms with van der Waals surface area (Å²) in [5.41, 5.74) is 5.02. The number of fused-ring (bicyclic) bond motifs is 1. The van der Waals surface area contributed by atoms with Gasteiger partial charge in [0.2, 0.25) is 0 Å². The highest BCUT2D eigenvalue weighted by Gasteiger charge is 2.23. The molecule has 2 heterocycles. The molecule has 0 radical (unpaired) electrons. The number of rotatable bonds is 8. The minimum absolute atomic E-state index is 0.115. The molecule has 6 nitrogen and oxygen atoms in total. The van der Waals surface area contributed by atoms with E-state index < -0.39 is 0 Å². The molecule has 0 unspecified atom stereocenters. The van der Waals surface area contributed by atoms with Crippen molar-refractivity contribution < 1.29 is 14.3 Å². The van der Waals surface area contributed by atoms with Crippen molar-refractivity contribution in [3.63, 3.8) is 0 Å². The summed E-state index contributed by atoms with van der Waals surface area (Å²) in [6.45, 7) is 10.8. The van der Waals surface area contributed by atoms with Crippen LogP contribution in [0.4, 0.5) is 5.82 Å². The Morgan fingerprint density at radius 1 is 1.15 bits per heavy atom. The van der Waals surface area contributed by atoms with Gasteiger partial charge in [0, 0.05) is 17.8 Å². The molecule has 0 aliphatic rings. The van der Waals surface area contributed by atoms with Gasteiger partial charge in [-0.05, 0) is 64.4 Å². The lowest BCUT2D eigenvalue weighted by Crippen LogP contribution is -2.07. The molecular weight excluding hydrogens is 434 g/mol. The number of hydrogen-bond acceptors (Lipinski definition) is 6. The maximum absolute atomic E-state index is 12.5. The summed E-state index contributed by atoms with van der Waals surface area (Å²) >= 11 is 1.35. The third kappa shape index (κ3) is 4.88. The summed E-state index contributed by atoms with van der Waals surface area (Å²) in [5.74, 6) is 1.37. The Kier molecular flexibility index (Phi) is 6.70. The van der Waals surface area contributed by atoms with Crippen molar-refractivity contribution in [2.75, 3.05) is 11.9 Å². The standard InChI is InChI=1S/C26H29N3O3S/c1-6-31-25(30)23-18(5)29-24(27-15-19-9-7-8-17(4)14-19)22(28-26(29)33-23)20-10-12-21(13-11-20)32-16(2)3/h7-14,16,27H,6,15H2,1-5H3. The van der Waals surface area contributed by atoms with Gasteiger partial charge in [0.25, 0.3) is 0 Å². The number of aromatic nitrogens is 2.